The molecule has 0 bridgehead atoms. The molecule has 4 heteroatoms. The van der Waals surface area contributed by atoms with Crippen LogP contribution in [0, 0.1) is 11.3 Å². The fourth-order valence-corrected chi connectivity index (χ4v) is 1.98. The zero-order valence-corrected chi connectivity index (χ0v) is 10.9. The smallest absolute Gasteiger partial charge is 0.127 e. The van der Waals surface area contributed by atoms with Crippen molar-refractivity contribution in [2.75, 3.05) is 12.8 Å². The summed E-state index contributed by atoms with van der Waals surface area (Å²) in [6.07, 6.45) is 1.69. The lowest BCUT2D eigenvalue weighted by molar-refractivity contribution is 0.319. The van der Waals surface area contributed by atoms with Gasteiger partial charge < -0.3 is 5.73 Å². The Hall–Kier alpha value is -2.38. The lowest BCUT2D eigenvalue weighted by atomic mass is 10.1. The van der Waals surface area contributed by atoms with E-state index in [1.165, 1.54) is 0 Å². The van der Waals surface area contributed by atoms with Gasteiger partial charge in [0.2, 0.25) is 0 Å². The largest absolute Gasteiger partial charge is 0.383 e. The van der Waals surface area contributed by atoms with Crippen molar-refractivity contribution in [2.45, 2.75) is 13.1 Å². The van der Waals surface area contributed by atoms with Crippen LogP contribution in [0.1, 0.15) is 16.7 Å². The Balaban J connectivity index is 2.03. The first-order valence-corrected chi connectivity index (χ1v) is 6.06. The molecular formula is C15H16N4. The van der Waals surface area contributed by atoms with Crippen molar-refractivity contribution in [1.82, 2.24) is 9.88 Å². The van der Waals surface area contributed by atoms with Gasteiger partial charge in [0, 0.05) is 24.8 Å². The molecule has 0 aliphatic rings. The van der Waals surface area contributed by atoms with Crippen molar-refractivity contribution >= 4 is 5.82 Å². The molecule has 0 atom stereocenters. The summed E-state index contributed by atoms with van der Waals surface area (Å²) in [5, 5.41) is 8.88. The van der Waals surface area contributed by atoms with Gasteiger partial charge in [-0.2, -0.15) is 5.26 Å². The third-order valence-electron chi connectivity index (χ3n) is 2.87. The standard InChI is InChI=1S/C15H16N4/c1-19(11-14-6-3-7-18-15(14)17)10-13-5-2-4-12(8-13)9-16/h2-8H,10-11H2,1H3,(H2,17,18). The molecule has 0 amide bonds. The number of hydrogen-bond donors (Lipinski definition) is 1. The Bertz CT molecular complexity index is 601. The van der Waals surface area contributed by atoms with E-state index in [0.717, 1.165) is 24.2 Å². The van der Waals surface area contributed by atoms with E-state index in [-0.39, 0.29) is 0 Å². The van der Waals surface area contributed by atoms with Crippen LogP contribution < -0.4 is 5.73 Å². The van der Waals surface area contributed by atoms with Crippen molar-refractivity contribution in [3.8, 4) is 6.07 Å². The maximum absolute atomic E-state index is 8.88. The van der Waals surface area contributed by atoms with E-state index >= 15 is 0 Å². The van der Waals surface area contributed by atoms with Gasteiger partial charge in [0.1, 0.15) is 5.82 Å². The van der Waals surface area contributed by atoms with Crippen LogP contribution in [0.3, 0.4) is 0 Å². The molecule has 0 spiro atoms. The van der Waals surface area contributed by atoms with Crippen LogP contribution in [0.25, 0.3) is 0 Å². The van der Waals surface area contributed by atoms with Crippen molar-refractivity contribution in [3.63, 3.8) is 0 Å². The number of rotatable bonds is 4. The molecule has 0 saturated carbocycles. The number of nitriles is 1. The Morgan fingerprint density at radius 1 is 1.26 bits per heavy atom. The summed E-state index contributed by atoms with van der Waals surface area (Å²) < 4.78 is 0. The third kappa shape index (κ3) is 3.54. The minimum Gasteiger partial charge on any atom is -0.383 e. The SMILES string of the molecule is CN(Cc1cccc(C#N)c1)Cc1cccnc1N. The molecule has 1 heterocycles. The number of aromatic nitrogens is 1. The highest BCUT2D eigenvalue weighted by Gasteiger charge is 2.05. The van der Waals surface area contributed by atoms with E-state index in [4.69, 9.17) is 11.0 Å². The van der Waals surface area contributed by atoms with E-state index in [1.54, 1.807) is 6.20 Å². The molecule has 0 aliphatic carbocycles. The van der Waals surface area contributed by atoms with Crippen LogP contribution in [0.15, 0.2) is 42.6 Å². The molecule has 4 nitrogen and oxygen atoms in total. The topological polar surface area (TPSA) is 65.9 Å². The van der Waals surface area contributed by atoms with Gasteiger partial charge >= 0.3 is 0 Å². The highest BCUT2D eigenvalue weighted by Crippen LogP contribution is 2.12. The van der Waals surface area contributed by atoms with Gasteiger partial charge in [-0.1, -0.05) is 18.2 Å². The monoisotopic (exact) mass is 252 g/mol. The number of nitrogen functional groups attached to an aromatic ring is 1. The molecule has 2 aromatic rings. The predicted octanol–water partition coefficient (Wildman–Crippen LogP) is 2.17. The number of nitrogens with two attached hydrogens (primary N) is 1. The molecule has 2 N–H and O–H groups in total. The number of pyridine rings is 1. The van der Waals surface area contributed by atoms with Crippen LogP contribution >= 0.6 is 0 Å². The number of anilines is 1. The van der Waals surface area contributed by atoms with Gasteiger partial charge in [-0.05, 0) is 30.8 Å². The molecule has 0 radical (unpaired) electrons. The number of benzene rings is 1. The van der Waals surface area contributed by atoms with Gasteiger partial charge in [-0.25, -0.2) is 4.98 Å². The van der Waals surface area contributed by atoms with E-state index in [1.807, 2.05) is 43.4 Å². The number of hydrogen-bond acceptors (Lipinski definition) is 4. The first-order chi connectivity index (χ1) is 9.19. The molecule has 19 heavy (non-hydrogen) atoms. The van der Waals surface area contributed by atoms with E-state index in [9.17, 15) is 0 Å². The predicted molar refractivity (Wildman–Crippen MR) is 75.0 cm³/mol. The zero-order valence-electron chi connectivity index (χ0n) is 10.9. The van der Waals surface area contributed by atoms with Crippen molar-refractivity contribution < 1.29 is 0 Å². The average molecular weight is 252 g/mol. The molecule has 0 unspecified atom stereocenters. The van der Waals surface area contributed by atoms with Crippen LogP contribution in [-0.2, 0) is 13.1 Å². The van der Waals surface area contributed by atoms with Crippen molar-refractivity contribution in [1.29, 1.82) is 5.26 Å². The van der Waals surface area contributed by atoms with E-state index in [0.29, 0.717) is 11.4 Å². The summed E-state index contributed by atoms with van der Waals surface area (Å²) in [6.45, 7) is 1.50. The molecule has 1 aromatic heterocycles. The molecular weight excluding hydrogens is 236 g/mol. The highest BCUT2D eigenvalue weighted by molar-refractivity contribution is 5.38. The first-order valence-electron chi connectivity index (χ1n) is 6.06. The summed E-state index contributed by atoms with van der Waals surface area (Å²) in [6, 6.07) is 13.6. The molecule has 96 valence electrons. The second-order valence-electron chi connectivity index (χ2n) is 4.53. The number of nitrogens with zero attached hydrogens (tertiary/aromatic N) is 3. The third-order valence-corrected chi connectivity index (χ3v) is 2.87. The molecule has 0 aliphatic heterocycles. The Labute approximate surface area is 113 Å². The molecule has 2 rings (SSSR count). The molecule has 0 saturated heterocycles. The summed E-state index contributed by atoms with van der Waals surface area (Å²) in [5.41, 5.74) is 8.64. The second-order valence-corrected chi connectivity index (χ2v) is 4.53. The maximum atomic E-state index is 8.88. The minimum absolute atomic E-state index is 0.570. The van der Waals surface area contributed by atoms with Gasteiger partial charge in [0.15, 0.2) is 0 Å². The first kappa shape index (κ1) is 13.1. The quantitative estimate of drug-likeness (QED) is 0.905. The molecule has 0 fully saturated rings. The van der Waals surface area contributed by atoms with Gasteiger partial charge in [0.25, 0.3) is 0 Å². The van der Waals surface area contributed by atoms with E-state index < -0.39 is 0 Å². The fourth-order valence-electron chi connectivity index (χ4n) is 1.98. The lowest BCUT2D eigenvalue weighted by Crippen LogP contribution is -2.18. The fraction of sp³-hybridized carbons (Fsp3) is 0.200. The maximum Gasteiger partial charge on any atom is 0.127 e. The summed E-state index contributed by atoms with van der Waals surface area (Å²) in [7, 11) is 2.02. The van der Waals surface area contributed by atoms with Crippen LogP contribution in [0.4, 0.5) is 5.82 Å². The van der Waals surface area contributed by atoms with Gasteiger partial charge in [-0.15, -0.1) is 0 Å². The summed E-state index contributed by atoms with van der Waals surface area (Å²) >= 11 is 0. The highest BCUT2D eigenvalue weighted by atomic mass is 15.1. The normalized spacial score (nSPS) is 10.4. The van der Waals surface area contributed by atoms with Gasteiger partial charge in [-0.3, -0.25) is 4.90 Å². The van der Waals surface area contributed by atoms with Gasteiger partial charge in [0.05, 0.1) is 11.6 Å². The van der Waals surface area contributed by atoms with Crippen LogP contribution in [-0.4, -0.2) is 16.9 Å². The lowest BCUT2D eigenvalue weighted by Gasteiger charge is -2.17. The van der Waals surface area contributed by atoms with Crippen LogP contribution in [0.2, 0.25) is 0 Å². The Kier molecular flexibility index (Phi) is 4.11. The minimum atomic E-state index is 0.570. The second kappa shape index (κ2) is 5.98. The summed E-state index contributed by atoms with van der Waals surface area (Å²) in [5.74, 6) is 0.570. The Morgan fingerprint density at radius 2 is 2.11 bits per heavy atom. The average Bonchev–Trinajstić information content (AvgIpc) is 2.41. The van der Waals surface area contributed by atoms with Crippen molar-refractivity contribution in [2.24, 2.45) is 0 Å². The summed E-state index contributed by atoms with van der Waals surface area (Å²) in [4.78, 5) is 6.22. The van der Waals surface area contributed by atoms with Crippen molar-refractivity contribution in [3.05, 3.63) is 59.3 Å². The Morgan fingerprint density at radius 3 is 2.84 bits per heavy atom. The molecule has 1 aromatic carbocycles. The zero-order chi connectivity index (χ0) is 13.7. The van der Waals surface area contributed by atoms with Crippen LogP contribution in [0.5, 0.6) is 0 Å². The van der Waals surface area contributed by atoms with E-state index in [2.05, 4.69) is 16.0 Å².